The molecule has 0 bridgehead atoms. The van der Waals surface area contributed by atoms with Gasteiger partial charge in [-0.2, -0.15) is 8.42 Å². The smallest absolute Gasteiger partial charge is 0.267 e. The van der Waals surface area contributed by atoms with Crippen LogP contribution in [0.15, 0.2) is 0 Å². The minimum Gasteiger partial charge on any atom is -0.395 e. The maximum atomic E-state index is 9.63. The van der Waals surface area contributed by atoms with Gasteiger partial charge < -0.3 is 16.6 Å². The number of hydrogen-bond acceptors (Lipinski definition) is 5. The maximum Gasteiger partial charge on any atom is 0.267 e. The highest BCUT2D eigenvalue weighted by Crippen LogP contribution is 1.95. The molecule has 0 fully saturated rings. The second-order valence-corrected chi connectivity index (χ2v) is 4.57. The molecule has 0 unspecified atom stereocenters. The van der Waals surface area contributed by atoms with Crippen molar-refractivity contribution in [3.8, 4) is 0 Å². The maximum absolute atomic E-state index is 9.63. The van der Waals surface area contributed by atoms with Gasteiger partial charge in [-0.15, -0.1) is 0 Å². The molecule has 0 heterocycles. The highest BCUT2D eigenvalue weighted by Gasteiger charge is 1.99. The van der Waals surface area contributed by atoms with Crippen LogP contribution in [0.2, 0.25) is 0 Å². The summed E-state index contributed by atoms with van der Waals surface area (Å²) in [6, 6.07) is 0. The van der Waals surface area contributed by atoms with E-state index in [2.05, 4.69) is 0 Å². The van der Waals surface area contributed by atoms with Crippen molar-refractivity contribution in [1.29, 1.82) is 0 Å². The third-order valence-corrected chi connectivity index (χ3v) is 2.21. The summed E-state index contributed by atoms with van der Waals surface area (Å²) in [4.78, 5) is 0. The van der Waals surface area contributed by atoms with E-state index in [0.717, 1.165) is 25.9 Å². The van der Waals surface area contributed by atoms with Crippen molar-refractivity contribution in [1.82, 2.24) is 0 Å². The van der Waals surface area contributed by atoms with E-state index in [1.807, 2.05) is 0 Å². The average molecular weight is 242 g/mol. The van der Waals surface area contributed by atoms with Gasteiger partial charge in [0.25, 0.3) is 10.1 Å². The van der Waals surface area contributed by atoms with Gasteiger partial charge in [0.2, 0.25) is 0 Å². The average Bonchev–Trinajstić information content (AvgIpc) is 2.12. The van der Waals surface area contributed by atoms with Crippen molar-refractivity contribution >= 4 is 10.1 Å². The van der Waals surface area contributed by atoms with Crippen molar-refractivity contribution < 1.29 is 18.1 Å². The minimum absolute atomic E-state index is 0.529. The molecule has 0 aromatic carbocycles. The standard InChI is InChI=1S/C6H16N2.C2H6O4S/c7-5-3-1-2-4-6-8;3-1-2-7(4,5)6/h1-8H2;3H,1-2H2,(H,4,5,6). The zero-order valence-corrected chi connectivity index (χ0v) is 9.75. The van der Waals surface area contributed by atoms with Crippen molar-refractivity contribution in [2.45, 2.75) is 25.7 Å². The molecular weight excluding hydrogens is 220 g/mol. The fourth-order valence-electron chi connectivity index (χ4n) is 0.758. The van der Waals surface area contributed by atoms with Crippen LogP contribution in [-0.2, 0) is 10.1 Å². The molecule has 0 radical (unpaired) electrons. The van der Waals surface area contributed by atoms with E-state index >= 15 is 0 Å². The summed E-state index contributed by atoms with van der Waals surface area (Å²) in [6.07, 6.45) is 4.79. The highest BCUT2D eigenvalue weighted by atomic mass is 32.2. The van der Waals surface area contributed by atoms with E-state index in [-0.39, 0.29) is 0 Å². The topological polar surface area (TPSA) is 127 Å². The van der Waals surface area contributed by atoms with E-state index in [0.29, 0.717) is 0 Å². The second kappa shape index (κ2) is 11.9. The quantitative estimate of drug-likeness (QED) is 0.346. The van der Waals surface area contributed by atoms with Crippen LogP contribution in [0.5, 0.6) is 0 Å². The van der Waals surface area contributed by atoms with Crippen LogP contribution in [0.4, 0.5) is 0 Å². The number of nitrogens with two attached hydrogens (primary N) is 2. The Morgan fingerprint density at radius 2 is 1.33 bits per heavy atom. The first kappa shape index (κ1) is 17.2. The molecule has 0 aromatic heterocycles. The van der Waals surface area contributed by atoms with E-state index in [9.17, 15) is 8.42 Å². The summed E-state index contributed by atoms with van der Waals surface area (Å²) in [6.45, 7) is 1.12. The molecule has 0 aliphatic rings. The Hall–Kier alpha value is -0.210. The Kier molecular flexibility index (Phi) is 13.6. The lowest BCUT2D eigenvalue weighted by Gasteiger charge is -1.94. The summed E-state index contributed by atoms with van der Waals surface area (Å²) in [5.74, 6) is -0.576. The Bertz CT molecular complexity index is 201. The van der Waals surface area contributed by atoms with E-state index in [4.69, 9.17) is 21.1 Å². The van der Waals surface area contributed by atoms with Gasteiger partial charge in [0, 0.05) is 0 Å². The van der Waals surface area contributed by atoms with Gasteiger partial charge in [-0.05, 0) is 25.9 Å². The first-order chi connectivity index (χ1) is 6.97. The number of aliphatic hydroxyl groups is 1. The van der Waals surface area contributed by atoms with Crippen LogP contribution in [-0.4, -0.2) is 43.5 Å². The van der Waals surface area contributed by atoms with Gasteiger partial charge in [-0.1, -0.05) is 12.8 Å². The molecule has 0 aliphatic carbocycles. The molecule has 0 aliphatic heterocycles. The Morgan fingerprint density at radius 1 is 0.933 bits per heavy atom. The lowest BCUT2D eigenvalue weighted by molar-refractivity contribution is 0.315. The highest BCUT2D eigenvalue weighted by molar-refractivity contribution is 7.85. The first-order valence-electron chi connectivity index (χ1n) is 4.94. The van der Waals surface area contributed by atoms with Gasteiger partial charge in [-0.3, -0.25) is 4.55 Å². The van der Waals surface area contributed by atoms with Crippen LogP contribution >= 0.6 is 0 Å². The van der Waals surface area contributed by atoms with E-state index in [1.165, 1.54) is 12.8 Å². The molecule has 7 heteroatoms. The predicted octanol–water partition coefficient (Wildman–Crippen LogP) is -0.669. The molecule has 0 saturated heterocycles. The summed E-state index contributed by atoms with van der Waals surface area (Å²) in [7, 11) is -3.92. The molecule has 15 heavy (non-hydrogen) atoms. The van der Waals surface area contributed by atoms with Crippen LogP contribution in [0, 0.1) is 0 Å². The lowest BCUT2D eigenvalue weighted by Crippen LogP contribution is -2.06. The van der Waals surface area contributed by atoms with Crippen molar-refractivity contribution in [2.75, 3.05) is 25.4 Å². The van der Waals surface area contributed by atoms with Gasteiger partial charge >= 0.3 is 0 Å². The van der Waals surface area contributed by atoms with E-state index < -0.39 is 22.5 Å². The number of aliphatic hydroxyl groups excluding tert-OH is 1. The summed E-state index contributed by atoms with van der Waals surface area (Å²) in [5.41, 5.74) is 10.6. The molecule has 6 N–H and O–H groups in total. The predicted molar refractivity (Wildman–Crippen MR) is 60.1 cm³/mol. The van der Waals surface area contributed by atoms with Crippen molar-refractivity contribution in [3.63, 3.8) is 0 Å². The van der Waals surface area contributed by atoms with Crippen LogP contribution in [0.1, 0.15) is 25.7 Å². The third-order valence-electron chi connectivity index (χ3n) is 1.51. The molecule has 0 saturated carbocycles. The third kappa shape index (κ3) is 24.8. The second-order valence-electron chi connectivity index (χ2n) is 3.00. The Balaban J connectivity index is 0. The number of rotatable bonds is 7. The fourth-order valence-corrected chi connectivity index (χ4v) is 0.988. The van der Waals surface area contributed by atoms with Gasteiger partial charge in [0.1, 0.15) is 0 Å². The largest absolute Gasteiger partial charge is 0.395 e. The zero-order valence-electron chi connectivity index (χ0n) is 8.93. The number of unbranched alkanes of at least 4 members (excludes halogenated alkanes) is 3. The molecule has 0 atom stereocenters. The molecule has 0 spiro atoms. The van der Waals surface area contributed by atoms with Crippen molar-refractivity contribution in [2.24, 2.45) is 11.5 Å². The summed E-state index contributed by atoms with van der Waals surface area (Å²) in [5, 5.41) is 7.86. The molecule has 0 aromatic rings. The summed E-state index contributed by atoms with van der Waals surface area (Å²) >= 11 is 0. The molecule has 0 rings (SSSR count). The summed E-state index contributed by atoms with van der Waals surface area (Å²) < 4.78 is 27.1. The molecule has 6 nitrogen and oxygen atoms in total. The molecule has 0 amide bonds. The number of hydrogen-bond donors (Lipinski definition) is 4. The Morgan fingerprint density at radius 3 is 1.47 bits per heavy atom. The monoisotopic (exact) mass is 242 g/mol. The van der Waals surface area contributed by atoms with Gasteiger partial charge in [-0.25, -0.2) is 0 Å². The van der Waals surface area contributed by atoms with Crippen LogP contribution in [0.3, 0.4) is 0 Å². The normalized spacial score (nSPS) is 10.7. The first-order valence-corrected chi connectivity index (χ1v) is 6.55. The molecular formula is C8H22N2O4S. The Labute approximate surface area is 91.4 Å². The SMILES string of the molecule is NCCCCCCN.O=S(=O)(O)CCO. The van der Waals surface area contributed by atoms with Crippen molar-refractivity contribution in [3.05, 3.63) is 0 Å². The van der Waals surface area contributed by atoms with Gasteiger partial charge in [0.05, 0.1) is 12.4 Å². The fraction of sp³-hybridized carbons (Fsp3) is 1.00. The minimum atomic E-state index is -3.92. The van der Waals surface area contributed by atoms with Crippen LogP contribution < -0.4 is 11.5 Å². The lowest BCUT2D eigenvalue weighted by atomic mass is 10.2. The zero-order chi connectivity index (χ0) is 12.2. The van der Waals surface area contributed by atoms with Gasteiger partial charge in [0.15, 0.2) is 0 Å². The van der Waals surface area contributed by atoms with Crippen LogP contribution in [0.25, 0.3) is 0 Å². The molecule has 94 valence electrons. The van der Waals surface area contributed by atoms with E-state index in [1.54, 1.807) is 0 Å².